The highest BCUT2D eigenvalue weighted by atomic mass is 16.5. The van der Waals surface area contributed by atoms with E-state index in [0.717, 1.165) is 13.0 Å². The average molecular weight is 205 g/mol. The fourth-order valence-electron chi connectivity index (χ4n) is 1.48. The van der Waals surface area contributed by atoms with Crippen LogP contribution >= 0.6 is 0 Å². The van der Waals surface area contributed by atoms with Gasteiger partial charge in [0, 0.05) is 6.42 Å². The Kier molecular flexibility index (Phi) is 3.12. The Labute approximate surface area is 87.5 Å². The van der Waals surface area contributed by atoms with E-state index in [0.29, 0.717) is 18.0 Å². The molecule has 15 heavy (non-hydrogen) atoms. The van der Waals surface area contributed by atoms with E-state index in [-0.39, 0.29) is 6.10 Å². The molecule has 1 aromatic rings. The Balaban J connectivity index is 2.15. The number of nitrogens with zero attached hydrogens (tertiary/aromatic N) is 1. The van der Waals surface area contributed by atoms with Crippen molar-refractivity contribution in [2.75, 3.05) is 13.2 Å². The molecule has 0 spiro atoms. The van der Waals surface area contributed by atoms with E-state index in [1.807, 2.05) is 6.07 Å². The second-order valence-corrected chi connectivity index (χ2v) is 3.27. The zero-order chi connectivity index (χ0) is 10.5. The number of aliphatic imine (C=N–C) groups is 1. The lowest BCUT2D eigenvalue weighted by Gasteiger charge is -2.12. The fourth-order valence-corrected chi connectivity index (χ4v) is 1.48. The molecule has 4 nitrogen and oxygen atoms in total. The first-order chi connectivity index (χ1) is 7.40. The van der Waals surface area contributed by atoms with Crippen LogP contribution in [0.1, 0.15) is 6.42 Å². The summed E-state index contributed by atoms with van der Waals surface area (Å²) in [7, 11) is 0. The maximum Gasteiger partial charge on any atom is 0.240 e. The van der Waals surface area contributed by atoms with Crippen LogP contribution in [0.15, 0.2) is 29.3 Å². The van der Waals surface area contributed by atoms with Crippen LogP contribution in [-0.2, 0) is 9.53 Å². The van der Waals surface area contributed by atoms with E-state index in [1.54, 1.807) is 18.2 Å². The fraction of sp³-hybridized carbons (Fsp3) is 0.364. The van der Waals surface area contributed by atoms with Crippen molar-refractivity contribution < 1.29 is 14.3 Å². The van der Waals surface area contributed by atoms with E-state index >= 15 is 0 Å². The lowest BCUT2D eigenvalue weighted by atomic mass is 10.2. The molecule has 1 fully saturated rings. The second kappa shape index (κ2) is 4.73. The molecule has 4 heteroatoms. The summed E-state index contributed by atoms with van der Waals surface area (Å²) in [6.07, 6.45) is 2.45. The third kappa shape index (κ3) is 2.43. The molecule has 2 rings (SSSR count). The normalized spacial score (nSPS) is 19.6. The summed E-state index contributed by atoms with van der Waals surface area (Å²) in [5.74, 6) is 0.608. The van der Waals surface area contributed by atoms with Crippen molar-refractivity contribution in [2.45, 2.75) is 12.5 Å². The van der Waals surface area contributed by atoms with Gasteiger partial charge in [0.15, 0.2) is 0 Å². The summed E-state index contributed by atoms with van der Waals surface area (Å²) in [6.45, 7) is 1.32. The Morgan fingerprint density at radius 1 is 1.47 bits per heavy atom. The van der Waals surface area contributed by atoms with Crippen LogP contribution in [0.25, 0.3) is 0 Å². The van der Waals surface area contributed by atoms with Gasteiger partial charge in [-0.05, 0) is 12.1 Å². The van der Waals surface area contributed by atoms with Crippen molar-refractivity contribution in [2.24, 2.45) is 4.99 Å². The Morgan fingerprint density at radius 3 is 3.07 bits per heavy atom. The third-order valence-electron chi connectivity index (χ3n) is 2.21. The topological polar surface area (TPSA) is 47.9 Å². The van der Waals surface area contributed by atoms with E-state index in [4.69, 9.17) is 9.47 Å². The van der Waals surface area contributed by atoms with Crippen molar-refractivity contribution in [1.29, 1.82) is 0 Å². The monoisotopic (exact) mass is 205 g/mol. The third-order valence-corrected chi connectivity index (χ3v) is 2.21. The first-order valence-electron chi connectivity index (χ1n) is 4.81. The van der Waals surface area contributed by atoms with Gasteiger partial charge in [-0.3, -0.25) is 0 Å². The standard InChI is InChI=1S/C11H11NO3/c13-8-12-10-3-1-2-4-11(10)15-9-5-6-14-7-9/h1-4,9H,5-7H2/t9-/m0/s1. The molecule has 0 saturated carbocycles. The number of ether oxygens (including phenoxy) is 2. The first-order valence-corrected chi connectivity index (χ1v) is 4.81. The molecule has 0 aromatic heterocycles. The van der Waals surface area contributed by atoms with Gasteiger partial charge in [0.1, 0.15) is 17.5 Å². The number of para-hydroxylation sites is 2. The molecule has 1 saturated heterocycles. The lowest BCUT2D eigenvalue weighted by molar-refractivity contribution is 0.142. The van der Waals surface area contributed by atoms with Crippen LogP contribution in [0.3, 0.4) is 0 Å². The molecule has 78 valence electrons. The van der Waals surface area contributed by atoms with Crippen molar-refractivity contribution in [3.8, 4) is 5.75 Å². The number of carbonyl (C=O) groups excluding carboxylic acids is 1. The van der Waals surface area contributed by atoms with E-state index < -0.39 is 0 Å². The Hall–Kier alpha value is -1.64. The summed E-state index contributed by atoms with van der Waals surface area (Å²) in [5.41, 5.74) is 0.513. The molecule has 0 N–H and O–H groups in total. The van der Waals surface area contributed by atoms with E-state index in [2.05, 4.69) is 4.99 Å². The molecule has 1 aliphatic heterocycles. The summed E-state index contributed by atoms with van der Waals surface area (Å²) in [5, 5.41) is 0. The number of isocyanates is 1. The van der Waals surface area contributed by atoms with Gasteiger partial charge < -0.3 is 9.47 Å². The highest BCUT2D eigenvalue weighted by Gasteiger charge is 2.18. The van der Waals surface area contributed by atoms with Crippen molar-refractivity contribution in [3.63, 3.8) is 0 Å². The van der Waals surface area contributed by atoms with Gasteiger partial charge in [0.05, 0.1) is 13.2 Å². The molecule has 0 radical (unpaired) electrons. The quantitative estimate of drug-likeness (QED) is 0.558. The predicted molar refractivity (Wildman–Crippen MR) is 54.1 cm³/mol. The van der Waals surface area contributed by atoms with Crippen molar-refractivity contribution in [3.05, 3.63) is 24.3 Å². The Bertz CT molecular complexity index is 379. The zero-order valence-electron chi connectivity index (χ0n) is 8.18. The highest BCUT2D eigenvalue weighted by molar-refractivity contribution is 5.57. The maximum atomic E-state index is 10.2. The minimum absolute atomic E-state index is 0.0630. The van der Waals surface area contributed by atoms with Gasteiger partial charge in [0.2, 0.25) is 6.08 Å². The minimum atomic E-state index is 0.0630. The summed E-state index contributed by atoms with van der Waals surface area (Å²) in [6, 6.07) is 7.15. The van der Waals surface area contributed by atoms with Gasteiger partial charge in [-0.25, -0.2) is 4.79 Å². The minimum Gasteiger partial charge on any atom is -0.486 e. The zero-order valence-corrected chi connectivity index (χ0v) is 8.18. The van der Waals surface area contributed by atoms with Gasteiger partial charge in [-0.15, -0.1) is 0 Å². The van der Waals surface area contributed by atoms with Gasteiger partial charge in [-0.2, -0.15) is 4.99 Å². The molecule has 0 aliphatic carbocycles. The molecule has 1 aliphatic rings. The van der Waals surface area contributed by atoms with Crippen LogP contribution in [0.2, 0.25) is 0 Å². The highest BCUT2D eigenvalue weighted by Crippen LogP contribution is 2.28. The number of rotatable bonds is 3. The average Bonchev–Trinajstić information content (AvgIpc) is 2.74. The summed E-state index contributed by atoms with van der Waals surface area (Å²) in [4.78, 5) is 13.8. The van der Waals surface area contributed by atoms with Crippen LogP contribution in [0, 0.1) is 0 Å². The van der Waals surface area contributed by atoms with Gasteiger partial charge >= 0.3 is 0 Å². The summed E-state index contributed by atoms with van der Waals surface area (Å²) >= 11 is 0. The number of hydrogen-bond acceptors (Lipinski definition) is 4. The molecule has 0 unspecified atom stereocenters. The molecule has 1 atom stereocenters. The SMILES string of the molecule is O=C=Nc1ccccc1O[C@H]1CCOC1. The molecule has 0 amide bonds. The smallest absolute Gasteiger partial charge is 0.240 e. The predicted octanol–water partition coefficient (Wildman–Crippen LogP) is 1.82. The maximum absolute atomic E-state index is 10.2. The van der Waals surface area contributed by atoms with Gasteiger partial charge in [-0.1, -0.05) is 12.1 Å². The van der Waals surface area contributed by atoms with Crippen molar-refractivity contribution in [1.82, 2.24) is 0 Å². The lowest BCUT2D eigenvalue weighted by Crippen LogP contribution is -2.15. The molecular weight excluding hydrogens is 194 g/mol. The first kappa shape index (κ1) is 9.90. The van der Waals surface area contributed by atoms with E-state index in [1.165, 1.54) is 6.08 Å². The van der Waals surface area contributed by atoms with Crippen molar-refractivity contribution >= 4 is 11.8 Å². The van der Waals surface area contributed by atoms with Crippen LogP contribution in [0.4, 0.5) is 5.69 Å². The largest absolute Gasteiger partial charge is 0.486 e. The molecule has 1 aromatic carbocycles. The van der Waals surface area contributed by atoms with Crippen LogP contribution < -0.4 is 4.74 Å². The second-order valence-electron chi connectivity index (χ2n) is 3.27. The van der Waals surface area contributed by atoms with Crippen LogP contribution in [0.5, 0.6) is 5.75 Å². The number of hydrogen-bond donors (Lipinski definition) is 0. The molecule has 1 heterocycles. The Morgan fingerprint density at radius 2 is 2.33 bits per heavy atom. The number of benzene rings is 1. The van der Waals surface area contributed by atoms with E-state index in [9.17, 15) is 4.79 Å². The molecular formula is C11H11NO3. The summed E-state index contributed by atoms with van der Waals surface area (Å²) < 4.78 is 10.9. The van der Waals surface area contributed by atoms with Gasteiger partial charge in [0.25, 0.3) is 0 Å². The van der Waals surface area contributed by atoms with Crippen LogP contribution in [-0.4, -0.2) is 25.4 Å². The molecule has 0 bridgehead atoms.